The van der Waals surface area contributed by atoms with Gasteiger partial charge in [-0.3, -0.25) is 4.79 Å². The molecule has 0 heterocycles. The van der Waals surface area contributed by atoms with E-state index in [2.05, 4.69) is 13.8 Å². The summed E-state index contributed by atoms with van der Waals surface area (Å²) in [6.07, 6.45) is 6.08. The molecular weight excluding hydrogens is 277 g/mol. The van der Waals surface area contributed by atoms with E-state index in [1.807, 2.05) is 24.8 Å². The lowest BCUT2D eigenvalue weighted by Crippen LogP contribution is -2.40. The fourth-order valence-electron chi connectivity index (χ4n) is 2.94. The number of hydrogen-bond acceptors (Lipinski definition) is 1. The predicted octanol–water partition coefficient (Wildman–Crippen LogP) is 5.49. The van der Waals surface area contributed by atoms with E-state index in [1.165, 1.54) is 6.07 Å². The molecule has 0 aliphatic carbocycles. The summed E-state index contributed by atoms with van der Waals surface area (Å²) < 4.78 is 13.8. The van der Waals surface area contributed by atoms with Crippen LogP contribution in [0.5, 0.6) is 0 Å². The van der Waals surface area contributed by atoms with Crippen LogP contribution in [0, 0.1) is 5.82 Å². The van der Waals surface area contributed by atoms with Crippen LogP contribution in [-0.2, 0) is 11.2 Å². The molecule has 1 amide bonds. The second-order valence-corrected chi connectivity index (χ2v) is 5.87. The number of anilines is 1. The van der Waals surface area contributed by atoms with Crippen LogP contribution in [-0.4, -0.2) is 11.9 Å². The van der Waals surface area contributed by atoms with Crippen molar-refractivity contribution in [3.05, 3.63) is 29.6 Å². The van der Waals surface area contributed by atoms with Gasteiger partial charge in [0, 0.05) is 18.2 Å². The first-order valence-corrected chi connectivity index (χ1v) is 8.69. The highest BCUT2D eigenvalue weighted by molar-refractivity contribution is 5.94. The van der Waals surface area contributed by atoms with Gasteiger partial charge in [-0.15, -0.1) is 0 Å². The molecule has 22 heavy (non-hydrogen) atoms. The average Bonchev–Trinajstić information content (AvgIpc) is 2.50. The summed E-state index contributed by atoms with van der Waals surface area (Å²) >= 11 is 0. The van der Waals surface area contributed by atoms with Gasteiger partial charge < -0.3 is 4.90 Å². The predicted molar refractivity (Wildman–Crippen MR) is 91.8 cm³/mol. The zero-order valence-corrected chi connectivity index (χ0v) is 14.5. The molecular formula is C19H30FNO. The van der Waals surface area contributed by atoms with Crippen molar-refractivity contribution in [1.82, 2.24) is 0 Å². The molecule has 0 aliphatic heterocycles. The van der Waals surface area contributed by atoms with Gasteiger partial charge in [0.2, 0.25) is 5.91 Å². The third-order valence-electron chi connectivity index (χ3n) is 4.03. The molecule has 1 aromatic rings. The zero-order valence-electron chi connectivity index (χ0n) is 14.5. The quantitative estimate of drug-likeness (QED) is 0.590. The topological polar surface area (TPSA) is 20.3 Å². The first-order valence-electron chi connectivity index (χ1n) is 8.69. The number of halogens is 1. The molecule has 0 aromatic heterocycles. The lowest BCUT2D eigenvalue weighted by Gasteiger charge is -2.32. The summed E-state index contributed by atoms with van der Waals surface area (Å²) in [6.45, 7) is 8.25. The maximum absolute atomic E-state index is 13.8. The molecule has 124 valence electrons. The van der Waals surface area contributed by atoms with E-state index in [4.69, 9.17) is 0 Å². The Kier molecular flexibility index (Phi) is 8.15. The van der Waals surface area contributed by atoms with E-state index in [1.54, 1.807) is 6.07 Å². The second kappa shape index (κ2) is 9.60. The Bertz CT molecular complexity index is 467. The number of hydrogen-bond donors (Lipinski definition) is 0. The van der Waals surface area contributed by atoms with Crippen molar-refractivity contribution >= 4 is 11.6 Å². The minimum absolute atomic E-state index is 0.156. The van der Waals surface area contributed by atoms with E-state index in [9.17, 15) is 9.18 Å². The molecule has 0 spiro atoms. The van der Waals surface area contributed by atoms with Gasteiger partial charge in [-0.1, -0.05) is 40.5 Å². The molecule has 0 aliphatic rings. The van der Waals surface area contributed by atoms with Crippen molar-refractivity contribution < 1.29 is 9.18 Å². The van der Waals surface area contributed by atoms with Crippen LogP contribution in [0.3, 0.4) is 0 Å². The van der Waals surface area contributed by atoms with Crippen molar-refractivity contribution in [2.45, 2.75) is 78.7 Å². The van der Waals surface area contributed by atoms with Crippen molar-refractivity contribution in [2.24, 2.45) is 0 Å². The van der Waals surface area contributed by atoms with Crippen molar-refractivity contribution in [3.63, 3.8) is 0 Å². The van der Waals surface area contributed by atoms with Crippen molar-refractivity contribution in [1.29, 1.82) is 0 Å². The first-order chi connectivity index (χ1) is 10.6. The molecule has 0 N–H and O–H groups in total. The molecule has 0 fully saturated rings. The number of aryl methyl sites for hydroxylation is 1. The Hall–Kier alpha value is -1.38. The Labute approximate surface area is 134 Å². The first kappa shape index (κ1) is 18.7. The monoisotopic (exact) mass is 307 g/mol. The molecule has 0 atom stereocenters. The van der Waals surface area contributed by atoms with E-state index in [0.717, 1.165) is 37.8 Å². The molecule has 0 bridgehead atoms. The summed E-state index contributed by atoms with van der Waals surface area (Å²) in [5.74, 6) is -0.0280. The smallest absolute Gasteiger partial charge is 0.227 e. The second-order valence-electron chi connectivity index (χ2n) is 5.87. The van der Waals surface area contributed by atoms with Crippen LogP contribution in [0.4, 0.5) is 10.1 Å². The minimum atomic E-state index is -0.184. The van der Waals surface area contributed by atoms with E-state index < -0.39 is 0 Å². The van der Waals surface area contributed by atoms with Crippen LogP contribution in [0.15, 0.2) is 18.2 Å². The molecule has 1 rings (SSSR count). The Morgan fingerprint density at radius 2 is 1.73 bits per heavy atom. The lowest BCUT2D eigenvalue weighted by atomic mass is 10.0. The number of carbonyl (C=O) groups excluding carboxylic acids is 1. The van der Waals surface area contributed by atoms with Gasteiger partial charge in [-0.2, -0.15) is 0 Å². The van der Waals surface area contributed by atoms with Gasteiger partial charge in [0.05, 0.1) is 0 Å². The zero-order chi connectivity index (χ0) is 16.5. The largest absolute Gasteiger partial charge is 0.309 e. The Balaban J connectivity index is 3.20. The average molecular weight is 307 g/mol. The molecule has 0 radical (unpaired) electrons. The standard InChI is InChI=1S/C19H30FNO/c1-5-9-16(10-6-2)21(19(22)11-7-3)17-12-13-18(20)15(8-4)14-17/h12-14,16H,5-11H2,1-4H3. The van der Waals surface area contributed by atoms with Crippen LogP contribution in [0.2, 0.25) is 0 Å². The van der Waals surface area contributed by atoms with Crippen LogP contribution in [0.1, 0.15) is 71.8 Å². The Morgan fingerprint density at radius 3 is 2.23 bits per heavy atom. The van der Waals surface area contributed by atoms with E-state index in [0.29, 0.717) is 18.4 Å². The van der Waals surface area contributed by atoms with Gasteiger partial charge in [-0.25, -0.2) is 4.39 Å². The Morgan fingerprint density at radius 1 is 1.09 bits per heavy atom. The summed E-state index contributed by atoms with van der Waals surface area (Å²) in [7, 11) is 0. The summed E-state index contributed by atoms with van der Waals surface area (Å²) in [6, 6.07) is 5.31. The third-order valence-corrected chi connectivity index (χ3v) is 4.03. The fourth-order valence-corrected chi connectivity index (χ4v) is 2.94. The number of carbonyl (C=O) groups is 1. The van der Waals surface area contributed by atoms with E-state index >= 15 is 0 Å². The van der Waals surface area contributed by atoms with Gasteiger partial charge in [0.15, 0.2) is 0 Å². The van der Waals surface area contributed by atoms with Gasteiger partial charge in [0.1, 0.15) is 5.82 Å². The molecule has 3 heteroatoms. The molecule has 1 aromatic carbocycles. The SMILES string of the molecule is CCCC(=O)N(c1ccc(F)c(CC)c1)C(CCC)CCC. The fraction of sp³-hybridized carbons (Fsp3) is 0.632. The highest BCUT2D eigenvalue weighted by Gasteiger charge is 2.24. The van der Waals surface area contributed by atoms with Gasteiger partial charge >= 0.3 is 0 Å². The van der Waals surface area contributed by atoms with Gasteiger partial charge in [-0.05, 0) is 49.4 Å². The van der Waals surface area contributed by atoms with Gasteiger partial charge in [0.25, 0.3) is 0 Å². The van der Waals surface area contributed by atoms with Crippen LogP contribution < -0.4 is 4.90 Å². The molecule has 0 saturated carbocycles. The summed E-state index contributed by atoms with van der Waals surface area (Å²) in [5, 5.41) is 0. The summed E-state index contributed by atoms with van der Waals surface area (Å²) in [4.78, 5) is 14.6. The maximum atomic E-state index is 13.8. The number of benzene rings is 1. The number of amides is 1. The highest BCUT2D eigenvalue weighted by Crippen LogP contribution is 2.26. The van der Waals surface area contributed by atoms with Crippen molar-refractivity contribution in [3.8, 4) is 0 Å². The summed E-state index contributed by atoms with van der Waals surface area (Å²) in [5.41, 5.74) is 1.53. The van der Waals surface area contributed by atoms with Crippen molar-refractivity contribution in [2.75, 3.05) is 4.90 Å². The molecule has 0 saturated heterocycles. The number of nitrogens with zero attached hydrogens (tertiary/aromatic N) is 1. The molecule has 2 nitrogen and oxygen atoms in total. The third kappa shape index (κ3) is 4.82. The minimum Gasteiger partial charge on any atom is -0.309 e. The van der Waals surface area contributed by atoms with Crippen LogP contribution in [0.25, 0.3) is 0 Å². The highest BCUT2D eigenvalue weighted by atomic mass is 19.1. The maximum Gasteiger partial charge on any atom is 0.227 e. The normalized spacial score (nSPS) is 11.0. The lowest BCUT2D eigenvalue weighted by molar-refractivity contribution is -0.119. The number of rotatable bonds is 9. The molecule has 0 unspecified atom stereocenters. The van der Waals surface area contributed by atoms with Crippen LogP contribution >= 0.6 is 0 Å². The van der Waals surface area contributed by atoms with E-state index in [-0.39, 0.29) is 17.8 Å².